The lowest BCUT2D eigenvalue weighted by atomic mass is 9.90. The van der Waals surface area contributed by atoms with E-state index in [0.717, 1.165) is 5.75 Å². The molecular weight excluding hydrogens is 270 g/mol. The smallest absolute Gasteiger partial charge is 0.309 e. The number of hydrogen-bond donors (Lipinski definition) is 2. The van der Waals surface area contributed by atoms with Gasteiger partial charge in [-0.3, -0.25) is 9.59 Å². The van der Waals surface area contributed by atoms with Gasteiger partial charge < -0.3 is 15.2 Å². The molecule has 0 fully saturated rings. The van der Waals surface area contributed by atoms with Gasteiger partial charge in [0, 0.05) is 13.0 Å². The van der Waals surface area contributed by atoms with E-state index in [0.29, 0.717) is 32.4 Å². The highest BCUT2D eigenvalue weighted by Crippen LogP contribution is 2.19. The van der Waals surface area contributed by atoms with Gasteiger partial charge in [0.1, 0.15) is 5.75 Å². The van der Waals surface area contributed by atoms with Gasteiger partial charge >= 0.3 is 5.97 Å². The number of hydrogen-bond acceptors (Lipinski definition) is 3. The van der Waals surface area contributed by atoms with Crippen LogP contribution in [0.1, 0.15) is 33.1 Å². The molecule has 5 heteroatoms. The third kappa shape index (κ3) is 6.79. The summed E-state index contributed by atoms with van der Waals surface area (Å²) in [7, 11) is 0. The molecule has 0 saturated heterocycles. The minimum atomic E-state index is -0.854. The van der Waals surface area contributed by atoms with Crippen LogP contribution in [0.4, 0.5) is 0 Å². The Morgan fingerprint density at radius 3 is 2.52 bits per heavy atom. The van der Waals surface area contributed by atoms with Crippen molar-refractivity contribution in [2.45, 2.75) is 33.1 Å². The molecule has 2 N–H and O–H groups in total. The van der Waals surface area contributed by atoms with Gasteiger partial charge in [0.05, 0.1) is 12.0 Å². The number of carboxylic acids is 1. The minimum Gasteiger partial charge on any atom is -0.494 e. The molecule has 1 amide bonds. The van der Waals surface area contributed by atoms with E-state index in [9.17, 15) is 9.59 Å². The van der Waals surface area contributed by atoms with Gasteiger partial charge in [-0.05, 0) is 38.8 Å². The van der Waals surface area contributed by atoms with Crippen LogP contribution in [0.25, 0.3) is 0 Å². The van der Waals surface area contributed by atoms with E-state index in [1.165, 1.54) is 0 Å². The number of carbonyl (C=O) groups excluding carboxylic acids is 1. The van der Waals surface area contributed by atoms with Crippen molar-refractivity contribution in [3.05, 3.63) is 30.3 Å². The zero-order valence-electron chi connectivity index (χ0n) is 12.6. The Balaban J connectivity index is 2.10. The van der Waals surface area contributed by atoms with Crippen LogP contribution in [0.2, 0.25) is 0 Å². The fourth-order valence-electron chi connectivity index (χ4n) is 1.65. The average Bonchev–Trinajstić information content (AvgIpc) is 2.44. The largest absolute Gasteiger partial charge is 0.494 e. The lowest BCUT2D eigenvalue weighted by Gasteiger charge is -2.18. The van der Waals surface area contributed by atoms with E-state index < -0.39 is 11.4 Å². The summed E-state index contributed by atoms with van der Waals surface area (Å²) in [6, 6.07) is 9.44. The van der Waals surface area contributed by atoms with Crippen molar-refractivity contribution in [2.75, 3.05) is 13.2 Å². The van der Waals surface area contributed by atoms with Crippen molar-refractivity contribution in [2.24, 2.45) is 5.41 Å². The summed E-state index contributed by atoms with van der Waals surface area (Å²) >= 11 is 0. The van der Waals surface area contributed by atoms with Crippen LogP contribution in [0.15, 0.2) is 30.3 Å². The highest BCUT2D eigenvalue weighted by molar-refractivity contribution is 5.76. The van der Waals surface area contributed by atoms with Crippen LogP contribution in [0.3, 0.4) is 0 Å². The number of rotatable bonds is 9. The summed E-state index contributed by atoms with van der Waals surface area (Å²) in [5, 5.41) is 11.7. The number of carboxylic acid groups (broad SMARTS) is 1. The lowest BCUT2D eigenvalue weighted by molar-refractivity contribution is -0.147. The predicted octanol–water partition coefficient (Wildman–Crippen LogP) is 2.46. The molecule has 0 aromatic heterocycles. The molecular formula is C16H23NO4. The molecule has 21 heavy (non-hydrogen) atoms. The molecule has 5 nitrogen and oxygen atoms in total. The second-order valence-corrected chi connectivity index (χ2v) is 5.55. The molecule has 1 rings (SSSR count). The fraction of sp³-hybridized carbons (Fsp3) is 0.500. The first kappa shape index (κ1) is 17.0. The Morgan fingerprint density at radius 2 is 1.90 bits per heavy atom. The maximum absolute atomic E-state index is 11.6. The van der Waals surface area contributed by atoms with Crippen LogP contribution in [-0.4, -0.2) is 30.1 Å². The number of aliphatic carboxylic acids is 1. The van der Waals surface area contributed by atoms with E-state index >= 15 is 0 Å². The van der Waals surface area contributed by atoms with E-state index in [-0.39, 0.29) is 5.91 Å². The number of amides is 1. The molecule has 0 heterocycles. The topological polar surface area (TPSA) is 75.6 Å². The van der Waals surface area contributed by atoms with Crippen molar-refractivity contribution in [3.63, 3.8) is 0 Å². The Labute approximate surface area is 125 Å². The second kappa shape index (κ2) is 8.29. The van der Waals surface area contributed by atoms with Gasteiger partial charge in [-0.25, -0.2) is 0 Å². The summed E-state index contributed by atoms with van der Waals surface area (Å²) in [4.78, 5) is 22.5. The van der Waals surface area contributed by atoms with Gasteiger partial charge in [-0.1, -0.05) is 18.2 Å². The van der Waals surface area contributed by atoms with E-state index in [1.54, 1.807) is 13.8 Å². The lowest BCUT2D eigenvalue weighted by Crippen LogP contribution is -2.31. The van der Waals surface area contributed by atoms with E-state index in [4.69, 9.17) is 9.84 Å². The van der Waals surface area contributed by atoms with Gasteiger partial charge in [0.2, 0.25) is 5.91 Å². The van der Waals surface area contributed by atoms with Gasteiger partial charge in [0.25, 0.3) is 0 Å². The molecule has 0 aliphatic carbocycles. The van der Waals surface area contributed by atoms with Crippen LogP contribution < -0.4 is 10.1 Å². The molecule has 0 spiro atoms. The first-order chi connectivity index (χ1) is 9.92. The maximum atomic E-state index is 11.6. The van der Waals surface area contributed by atoms with Crippen LogP contribution in [-0.2, 0) is 9.59 Å². The summed E-state index contributed by atoms with van der Waals surface area (Å²) in [5.74, 6) is -0.137. The normalized spacial score (nSPS) is 11.0. The Morgan fingerprint density at radius 1 is 1.24 bits per heavy atom. The summed E-state index contributed by atoms with van der Waals surface area (Å²) < 4.78 is 5.49. The van der Waals surface area contributed by atoms with Crippen molar-refractivity contribution in [3.8, 4) is 5.75 Å². The monoisotopic (exact) mass is 293 g/mol. The second-order valence-electron chi connectivity index (χ2n) is 5.55. The molecule has 0 unspecified atom stereocenters. The molecule has 0 aliphatic heterocycles. The van der Waals surface area contributed by atoms with E-state index in [1.807, 2.05) is 30.3 Å². The van der Waals surface area contributed by atoms with Crippen molar-refractivity contribution >= 4 is 11.9 Å². The highest BCUT2D eigenvalue weighted by atomic mass is 16.5. The van der Waals surface area contributed by atoms with Crippen LogP contribution in [0, 0.1) is 5.41 Å². The quantitative estimate of drug-likeness (QED) is 0.686. The first-order valence-electron chi connectivity index (χ1n) is 7.10. The van der Waals surface area contributed by atoms with Crippen LogP contribution >= 0.6 is 0 Å². The van der Waals surface area contributed by atoms with Gasteiger partial charge in [-0.2, -0.15) is 0 Å². The zero-order chi connectivity index (χ0) is 15.7. The van der Waals surface area contributed by atoms with Gasteiger partial charge in [-0.15, -0.1) is 0 Å². The molecule has 0 saturated carbocycles. The van der Waals surface area contributed by atoms with Crippen molar-refractivity contribution in [1.29, 1.82) is 0 Å². The standard InChI is InChI=1S/C16H23NO4/c1-16(2,15(19)20)10-11-17-14(18)9-6-12-21-13-7-4-3-5-8-13/h3-5,7-8H,6,9-12H2,1-2H3,(H,17,18)(H,19,20). The molecule has 0 bridgehead atoms. The van der Waals surface area contributed by atoms with E-state index in [2.05, 4.69) is 5.32 Å². The maximum Gasteiger partial charge on any atom is 0.309 e. The third-order valence-corrected chi connectivity index (χ3v) is 3.21. The molecule has 0 atom stereocenters. The summed E-state index contributed by atoms with van der Waals surface area (Å²) in [6.07, 6.45) is 1.41. The third-order valence-electron chi connectivity index (χ3n) is 3.21. The Kier molecular flexibility index (Phi) is 6.72. The number of benzene rings is 1. The molecule has 116 valence electrons. The number of carbonyl (C=O) groups is 2. The summed E-state index contributed by atoms with van der Waals surface area (Å²) in [5.41, 5.74) is -0.816. The number of para-hydroxylation sites is 1. The van der Waals surface area contributed by atoms with Gasteiger partial charge in [0.15, 0.2) is 0 Å². The predicted molar refractivity (Wildman–Crippen MR) is 80.2 cm³/mol. The fourth-order valence-corrected chi connectivity index (χ4v) is 1.65. The van der Waals surface area contributed by atoms with Crippen molar-refractivity contribution < 1.29 is 19.4 Å². The number of nitrogens with one attached hydrogen (secondary N) is 1. The molecule has 0 aliphatic rings. The highest BCUT2D eigenvalue weighted by Gasteiger charge is 2.26. The number of ether oxygens (including phenoxy) is 1. The molecule has 0 radical (unpaired) electrons. The average molecular weight is 293 g/mol. The molecule has 1 aromatic rings. The van der Waals surface area contributed by atoms with Crippen LogP contribution in [0.5, 0.6) is 5.75 Å². The SMILES string of the molecule is CC(C)(CCNC(=O)CCCOc1ccccc1)C(=O)O. The minimum absolute atomic E-state index is 0.0761. The summed E-state index contributed by atoms with van der Waals surface area (Å²) in [6.45, 7) is 4.15. The van der Waals surface area contributed by atoms with Crippen molar-refractivity contribution in [1.82, 2.24) is 5.32 Å². The molecule has 1 aromatic carbocycles. The zero-order valence-corrected chi connectivity index (χ0v) is 12.6. The Bertz CT molecular complexity index is 457. The first-order valence-corrected chi connectivity index (χ1v) is 7.10. The Hall–Kier alpha value is -2.04.